The molecule has 0 unspecified atom stereocenters. The first-order valence-electron chi connectivity index (χ1n) is 7.44. The molecule has 0 aliphatic carbocycles. The number of hydrogen-bond acceptors (Lipinski definition) is 3. The van der Waals surface area contributed by atoms with Crippen LogP contribution in [0.2, 0.25) is 0 Å². The molecule has 2 rings (SSSR count). The summed E-state index contributed by atoms with van der Waals surface area (Å²) in [5.74, 6) is 0.825. The van der Waals surface area contributed by atoms with Gasteiger partial charge in [0, 0.05) is 36.1 Å². The number of anilines is 2. The Hall–Kier alpha value is -2.16. The maximum atomic E-state index is 6.01. The van der Waals surface area contributed by atoms with Crippen LogP contribution in [0.15, 0.2) is 48.5 Å². The highest BCUT2D eigenvalue weighted by atomic mass is 16.5. The second-order valence-corrected chi connectivity index (χ2v) is 5.40. The Morgan fingerprint density at radius 3 is 2.43 bits per heavy atom. The summed E-state index contributed by atoms with van der Waals surface area (Å²) in [6, 6.07) is 16.8. The fourth-order valence-corrected chi connectivity index (χ4v) is 2.37. The van der Waals surface area contributed by atoms with Crippen LogP contribution >= 0.6 is 0 Å². The summed E-state index contributed by atoms with van der Waals surface area (Å²) >= 11 is 0. The Morgan fingerprint density at radius 2 is 1.81 bits per heavy atom. The van der Waals surface area contributed by atoms with Crippen LogP contribution in [0.4, 0.5) is 11.4 Å². The number of nitrogens with zero attached hydrogens (tertiary/aromatic N) is 1. The predicted octanol–water partition coefficient (Wildman–Crippen LogP) is 4.08. The number of nitrogen functional groups attached to an aromatic ring is 1. The lowest BCUT2D eigenvalue weighted by molar-refractivity contribution is 0.340. The van der Waals surface area contributed by atoms with Gasteiger partial charge in [-0.05, 0) is 32.4 Å². The fraction of sp³-hybridized carbons (Fsp3) is 0.333. The van der Waals surface area contributed by atoms with E-state index in [4.69, 9.17) is 10.5 Å². The van der Waals surface area contributed by atoms with Gasteiger partial charge >= 0.3 is 0 Å². The van der Waals surface area contributed by atoms with Crippen molar-refractivity contribution in [2.45, 2.75) is 33.4 Å². The molecule has 2 aromatic rings. The average Bonchev–Trinajstić information content (AvgIpc) is 2.45. The molecule has 0 aliphatic heterocycles. The Morgan fingerprint density at radius 1 is 1.10 bits per heavy atom. The van der Waals surface area contributed by atoms with Gasteiger partial charge in [0.25, 0.3) is 0 Å². The van der Waals surface area contributed by atoms with Gasteiger partial charge < -0.3 is 15.4 Å². The molecule has 0 amide bonds. The van der Waals surface area contributed by atoms with Gasteiger partial charge in [-0.3, -0.25) is 0 Å². The molecule has 21 heavy (non-hydrogen) atoms. The minimum atomic E-state index is 0.376. The summed E-state index contributed by atoms with van der Waals surface area (Å²) in [6.45, 7) is 7.85. The van der Waals surface area contributed by atoms with Gasteiger partial charge in [-0.2, -0.15) is 0 Å². The van der Waals surface area contributed by atoms with E-state index in [2.05, 4.69) is 49.1 Å². The van der Waals surface area contributed by atoms with E-state index in [1.165, 1.54) is 5.56 Å². The van der Waals surface area contributed by atoms with Gasteiger partial charge in [-0.1, -0.05) is 30.3 Å². The lowest BCUT2D eigenvalue weighted by Gasteiger charge is -2.30. The van der Waals surface area contributed by atoms with E-state index in [0.29, 0.717) is 12.6 Å². The van der Waals surface area contributed by atoms with E-state index in [1.807, 2.05) is 25.1 Å². The molecule has 2 N–H and O–H groups in total. The average molecular weight is 284 g/mol. The first-order chi connectivity index (χ1) is 10.1. The molecule has 0 aliphatic rings. The quantitative estimate of drug-likeness (QED) is 0.812. The molecule has 0 fully saturated rings. The molecular formula is C18H24N2O. The van der Waals surface area contributed by atoms with Crippen molar-refractivity contribution in [2.75, 3.05) is 17.2 Å². The van der Waals surface area contributed by atoms with Gasteiger partial charge in [0.15, 0.2) is 0 Å². The summed E-state index contributed by atoms with van der Waals surface area (Å²) in [6.07, 6.45) is 0. The molecule has 0 saturated heterocycles. The molecular weight excluding hydrogens is 260 g/mol. The van der Waals surface area contributed by atoms with Crippen molar-refractivity contribution in [2.24, 2.45) is 0 Å². The van der Waals surface area contributed by atoms with Gasteiger partial charge in [0.05, 0.1) is 6.61 Å². The number of benzene rings is 2. The van der Waals surface area contributed by atoms with Crippen LogP contribution in [0.3, 0.4) is 0 Å². The number of nitrogens with two attached hydrogens (primary N) is 1. The number of hydrogen-bond donors (Lipinski definition) is 1. The SMILES string of the molecule is CCOc1cc(N)cc(N(Cc2ccccc2)C(C)C)c1. The van der Waals surface area contributed by atoms with E-state index in [0.717, 1.165) is 23.7 Å². The summed E-state index contributed by atoms with van der Waals surface area (Å²) < 4.78 is 5.60. The van der Waals surface area contributed by atoms with E-state index in [1.54, 1.807) is 0 Å². The molecule has 3 heteroatoms. The fourth-order valence-electron chi connectivity index (χ4n) is 2.37. The Kier molecular flexibility index (Phi) is 5.09. The second-order valence-electron chi connectivity index (χ2n) is 5.40. The molecule has 3 nitrogen and oxygen atoms in total. The van der Waals surface area contributed by atoms with Crippen LogP contribution in [0.1, 0.15) is 26.3 Å². The third kappa shape index (κ3) is 4.15. The first kappa shape index (κ1) is 15.2. The predicted molar refractivity (Wildman–Crippen MR) is 89.8 cm³/mol. The maximum absolute atomic E-state index is 6.01. The molecule has 0 aromatic heterocycles. The van der Waals surface area contributed by atoms with Crippen molar-refractivity contribution in [1.82, 2.24) is 0 Å². The van der Waals surface area contributed by atoms with Crippen LogP contribution in [-0.4, -0.2) is 12.6 Å². The van der Waals surface area contributed by atoms with E-state index in [-0.39, 0.29) is 0 Å². The van der Waals surface area contributed by atoms with E-state index < -0.39 is 0 Å². The molecule has 2 aromatic carbocycles. The number of ether oxygens (including phenoxy) is 1. The van der Waals surface area contributed by atoms with Crippen molar-refractivity contribution < 1.29 is 4.74 Å². The van der Waals surface area contributed by atoms with Crippen LogP contribution in [0.25, 0.3) is 0 Å². The van der Waals surface area contributed by atoms with Gasteiger partial charge in [0.2, 0.25) is 0 Å². The lowest BCUT2D eigenvalue weighted by Crippen LogP contribution is -2.30. The zero-order valence-corrected chi connectivity index (χ0v) is 13.0. The van der Waals surface area contributed by atoms with E-state index in [9.17, 15) is 0 Å². The molecule has 112 valence electrons. The zero-order chi connectivity index (χ0) is 15.2. The maximum Gasteiger partial charge on any atom is 0.123 e. The highest BCUT2D eigenvalue weighted by molar-refractivity contribution is 5.61. The van der Waals surface area contributed by atoms with Crippen LogP contribution < -0.4 is 15.4 Å². The molecule has 0 heterocycles. The van der Waals surface area contributed by atoms with Crippen molar-refractivity contribution in [3.8, 4) is 5.75 Å². The topological polar surface area (TPSA) is 38.5 Å². The highest BCUT2D eigenvalue weighted by Gasteiger charge is 2.13. The van der Waals surface area contributed by atoms with Crippen molar-refractivity contribution in [1.29, 1.82) is 0 Å². The standard InChI is InChI=1S/C18H24N2O/c1-4-21-18-11-16(19)10-17(12-18)20(14(2)3)13-15-8-6-5-7-9-15/h5-12,14H,4,13,19H2,1-3H3. The largest absolute Gasteiger partial charge is 0.494 e. The Balaban J connectivity index is 2.29. The van der Waals surface area contributed by atoms with Crippen molar-refractivity contribution >= 4 is 11.4 Å². The molecule has 0 spiro atoms. The second kappa shape index (κ2) is 7.02. The van der Waals surface area contributed by atoms with Gasteiger partial charge in [-0.15, -0.1) is 0 Å². The molecule has 0 atom stereocenters. The zero-order valence-electron chi connectivity index (χ0n) is 13.0. The number of rotatable bonds is 6. The van der Waals surface area contributed by atoms with Crippen LogP contribution in [-0.2, 0) is 6.54 Å². The Labute approximate surface area is 127 Å². The molecule has 0 radical (unpaired) electrons. The minimum Gasteiger partial charge on any atom is -0.494 e. The third-order valence-electron chi connectivity index (χ3n) is 3.38. The first-order valence-corrected chi connectivity index (χ1v) is 7.44. The van der Waals surface area contributed by atoms with Crippen molar-refractivity contribution in [3.05, 3.63) is 54.1 Å². The van der Waals surface area contributed by atoms with Crippen molar-refractivity contribution in [3.63, 3.8) is 0 Å². The smallest absolute Gasteiger partial charge is 0.123 e. The Bertz CT molecular complexity index is 567. The summed E-state index contributed by atoms with van der Waals surface area (Å²) in [5.41, 5.74) is 9.12. The molecule has 0 bridgehead atoms. The van der Waals surface area contributed by atoms with Gasteiger partial charge in [0.1, 0.15) is 5.75 Å². The monoisotopic (exact) mass is 284 g/mol. The summed E-state index contributed by atoms with van der Waals surface area (Å²) in [7, 11) is 0. The van der Waals surface area contributed by atoms with Crippen LogP contribution in [0.5, 0.6) is 5.75 Å². The summed E-state index contributed by atoms with van der Waals surface area (Å²) in [5, 5.41) is 0. The highest BCUT2D eigenvalue weighted by Crippen LogP contribution is 2.28. The normalized spacial score (nSPS) is 10.7. The third-order valence-corrected chi connectivity index (χ3v) is 3.38. The lowest BCUT2D eigenvalue weighted by atomic mass is 10.1. The van der Waals surface area contributed by atoms with Gasteiger partial charge in [-0.25, -0.2) is 0 Å². The summed E-state index contributed by atoms with van der Waals surface area (Å²) in [4.78, 5) is 2.33. The van der Waals surface area contributed by atoms with Crippen LogP contribution in [0, 0.1) is 0 Å². The van der Waals surface area contributed by atoms with E-state index >= 15 is 0 Å². The minimum absolute atomic E-state index is 0.376. The molecule has 0 saturated carbocycles.